The lowest BCUT2D eigenvalue weighted by Gasteiger charge is -2.48. The molecule has 3 aromatic rings. The van der Waals surface area contributed by atoms with Crippen molar-refractivity contribution in [2.45, 2.75) is 45.8 Å². The van der Waals surface area contributed by atoms with E-state index in [1.54, 1.807) is 19.2 Å². The topological polar surface area (TPSA) is 75.9 Å². The highest BCUT2D eigenvalue weighted by Crippen LogP contribution is 2.42. The number of alkyl halides is 5. The Morgan fingerprint density at radius 3 is 2.38 bits per heavy atom. The summed E-state index contributed by atoms with van der Waals surface area (Å²) in [5.74, 6) is -3.38. The summed E-state index contributed by atoms with van der Waals surface area (Å²) in [5, 5.41) is 4.81. The molecule has 1 spiro atoms. The zero-order chi connectivity index (χ0) is 24.5. The van der Waals surface area contributed by atoms with Gasteiger partial charge >= 0.3 is 6.18 Å². The molecule has 34 heavy (non-hydrogen) atoms. The van der Waals surface area contributed by atoms with E-state index < -0.39 is 24.5 Å². The van der Waals surface area contributed by atoms with E-state index in [4.69, 9.17) is 0 Å². The molecular formula is C21H23F5N8. The Bertz CT molecular complexity index is 1240. The third-order valence-electron chi connectivity index (χ3n) is 6.28. The molecule has 2 saturated heterocycles. The molecule has 0 amide bonds. The zero-order valence-corrected chi connectivity index (χ0v) is 18.9. The third-order valence-corrected chi connectivity index (χ3v) is 6.28. The summed E-state index contributed by atoms with van der Waals surface area (Å²) in [6.45, 7) is 5.88. The van der Waals surface area contributed by atoms with E-state index in [1.807, 2.05) is 9.80 Å². The average molecular weight is 482 g/mol. The van der Waals surface area contributed by atoms with Crippen LogP contribution in [0.15, 0.2) is 12.3 Å². The lowest BCUT2D eigenvalue weighted by Crippen LogP contribution is -2.58. The van der Waals surface area contributed by atoms with Gasteiger partial charge in [0.25, 0.3) is 5.92 Å². The first kappa shape index (κ1) is 22.7. The molecule has 3 aromatic heterocycles. The van der Waals surface area contributed by atoms with Gasteiger partial charge in [-0.2, -0.15) is 23.3 Å². The molecule has 0 aromatic carbocycles. The van der Waals surface area contributed by atoms with Crippen molar-refractivity contribution in [3.8, 4) is 0 Å². The first-order valence-corrected chi connectivity index (χ1v) is 10.8. The van der Waals surface area contributed by atoms with Crippen LogP contribution in [0.5, 0.6) is 0 Å². The summed E-state index contributed by atoms with van der Waals surface area (Å²) < 4.78 is 67.7. The molecule has 0 N–H and O–H groups in total. The fourth-order valence-corrected chi connectivity index (χ4v) is 4.75. The molecular weight excluding hydrogens is 459 g/mol. The van der Waals surface area contributed by atoms with Gasteiger partial charge in [0.05, 0.1) is 11.1 Å². The van der Waals surface area contributed by atoms with E-state index in [0.717, 1.165) is 13.3 Å². The highest BCUT2D eigenvalue weighted by Gasteiger charge is 2.49. The number of rotatable bonds is 4. The number of nitrogens with zero attached hydrogens (tertiary/aromatic N) is 8. The molecule has 8 nitrogen and oxygen atoms in total. The SMILES string of the molecule is Cc1cc(N2CC3(CCN(c4ncc5c(C)nn(CC(C)(F)F)c5n4)C3)C2)nc(C(F)(F)F)n1. The highest BCUT2D eigenvalue weighted by molar-refractivity contribution is 5.78. The van der Waals surface area contributed by atoms with Crippen molar-refractivity contribution in [2.75, 3.05) is 36.0 Å². The number of hydrogen-bond donors (Lipinski definition) is 0. The van der Waals surface area contributed by atoms with Crippen molar-refractivity contribution in [1.82, 2.24) is 29.7 Å². The van der Waals surface area contributed by atoms with Crippen LogP contribution in [0.3, 0.4) is 0 Å². The molecule has 0 unspecified atom stereocenters. The van der Waals surface area contributed by atoms with Crippen molar-refractivity contribution in [1.29, 1.82) is 0 Å². The van der Waals surface area contributed by atoms with Crippen LogP contribution in [-0.4, -0.2) is 61.8 Å². The molecule has 5 rings (SSSR count). The molecule has 182 valence electrons. The second-order valence-electron chi connectivity index (χ2n) is 9.44. The lowest BCUT2D eigenvalue weighted by molar-refractivity contribution is -0.145. The highest BCUT2D eigenvalue weighted by atomic mass is 19.4. The number of anilines is 2. The predicted octanol–water partition coefficient (Wildman–Crippen LogP) is 3.62. The summed E-state index contributed by atoms with van der Waals surface area (Å²) in [7, 11) is 0. The average Bonchev–Trinajstić information content (AvgIpc) is 3.27. The van der Waals surface area contributed by atoms with Crippen molar-refractivity contribution < 1.29 is 22.0 Å². The Labute approximate surface area is 191 Å². The number of fused-ring (bicyclic) bond motifs is 1. The lowest BCUT2D eigenvalue weighted by atomic mass is 9.79. The standard InChI is InChI=1S/C21H23F5N8/c1-12-6-15(29-17(28-12)21(24,25)26)33-10-20(11-33)4-5-32(9-20)18-27-7-14-13(2)31-34(16(14)30-18)8-19(3,22)23/h6-7H,4-5,8-11H2,1-3H3. The third kappa shape index (κ3) is 4.11. The van der Waals surface area contributed by atoms with Crippen LogP contribution < -0.4 is 9.80 Å². The van der Waals surface area contributed by atoms with E-state index in [0.29, 0.717) is 48.9 Å². The summed E-state index contributed by atoms with van der Waals surface area (Å²) in [5.41, 5.74) is 1.08. The van der Waals surface area contributed by atoms with Crippen molar-refractivity contribution in [3.63, 3.8) is 0 Å². The van der Waals surface area contributed by atoms with Crippen LogP contribution in [0.2, 0.25) is 0 Å². The largest absolute Gasteiger partial charge is 0.451 e. The van der Waals surface area contributed by atoms with Crippen LogP contribution in [0.1, 0.15) is 30.6 Å². The van der Waals surface area contributed by atoms with Gasteiger partial charge in [-0.05, 0) is 20.3 Å². The van der Waals surface area contributed by atoms with Gasteiger partial charge in [0.2, 0.25) is 11.8 Å². The Morgan fingerprint density at radius 2 is 1.71 bits per heavy atom. The molecule has 0 radical (unpaired) electrons. The van der Waals surface area contributed by atoms with Gasteiger partial charge in [0, 0.05) is 56.5 Å². The summed E-state index contributed by atoms with van der Waals surface area (Å²) in [6, 6.07) is 1.55. The van der Waals surface area contributed by atoms with Gasteiger partial charge in [-0.3, -0.25) is 0 Å². The monoisotopic (exact) mass is 482 g/mol. The van der Waals surface area contributed by atoms with Gasteiger partial charge in [-0.25, -0.2) is 28.4 Å². The van der Waals surface area contributed by atoms with Crippen molar-refractivity contribution in [3.05, 3.63) is 29.5 Å². The van der Waals surface area contributed by atoms with E-state index in [-0.39, 0.29) is 16.9 Å². The molecule has 0 bridgehead atoms. The minimum atomic E-state index is -4.60. The van der Waals surface area contributed by atoms with Crippen molar-refractivity contribution >= 4 is 22.8 Å². The quantitative estimate of drug-likeness (QED) is 0.526. The number of halogens is 5. The molecule has 13 heteroatoms. The molecule has 0 aliphatic carbocycles. The first-order valence-electron chi connectivity index (χ1n) is 10.8. The molecule has 5 heterocycles. The normalized spacial score (nSPS) is 18.2. The van der Waals surface area contributed by atoms with E-state index in [9.17, 15) is 22.0 Å². The summed E-state index contributed by atoms with van der Waals surface area (Å²) in [4.78, 5) is 20.0. The maximum absolute atomic E-state index is 13.6. The number of aryl methyl sites for hydroxylation is 2. The number of hydrogen-bond acceptors (Lipinski definition) is 7. The fraction of sp³-hybridized carbons (Fsp3) is 0.571. The minimum absolute atomic E-state index is 0.123. The van der Waals surface area contributed by atoms with Crippen LogP contribution in [-0.2, 0) is 12.7 Å². The van der Waals surface area contributed by atoms with Gasteiger partial charge in [-0.15, -0.1) is 0 Å². The smallest absolute Gasteiger partial charge is 0.355 e. The van der Waals surface area contributed by atoms with E-state index >= 15 is 0 Å². The van der Waals surface area contributed by atoms with Gasteiger partial charge in [0.1, 0.15) is 12.4 Å². The van der Waals surface area contributed by atoms with Crippen LogP contribution in [0.25, 0.3) is 11.0 Å². The Morgan fingerprint density at radius 1 is 1.00 bits per heavy atom. The molecule has 0 atom stereocenters. The van der Waals surface area contributed by atoms with Gasteiger partial charge in [0.15, 0.2) is 5.65 Å². The second-order valence-corrected chi connectivity index (χ2v) is 9.44. The minimum Gasteiger partial charge on any atom is -0.355 e. The number of aromatic nitrogens is 6. The first-order chi connectivity index (χ1) is 15.8. The fourth-order valence-electron chi connectivity index (χ4n) is 4.75. The zero-order valence-electron chi connectivity index (χ0n) is 18.9. The predicted molar refractivity (Wildman–Crippen MR) is 114 cm³/mol. The van der Waals surface area contributed by atoms with Crippen molar-refractivity contribution in [2.24, 2.45) is 5.41 Å². The second kappa shape index (κ2) is 7.44. The molecule has 2 fully saturated rings. The van der Waals surface area contributed by atoms with Gasteiger partial charge in [-0.1, -0.05) is 0 Å². The van der Waals surface area contributed by atoms with Gasteiger partial charge < -0.3 is 9.80 Å². The van der Waals surface area contributed by atoms with E-state index in [2.05, 4.69) is 25.0 Å². The summed E-state index contributed by atoms with van der Waals surface area (Å²) in [6.07, 6.45) is -2.19. The maximum Gasteiger partial charge on any atom is 0.451 e. The van der Waals surface area contributed by atoms with Crippen LogP contribution in [0.4, 0.5) is 33.7 Å². The Hall–Kier alpha value is -3.12. The Balaban J connectivity index is 1.33. The molecule has 0 saturated carbocycles. The molecule has 2 aliphatic heterocycles. The molecule has 2 aliphatic rings. The van der Waals surface area contributed by atoms with Crippen LogP contribution >= 0.6 is 0 Å². The van der Waals surface area contributed by atoms with Crippen LogP contribution in [0, 0.1) is 19.3 Å². The van der Waals surface area contributed by atoms with E-state index in [1.165, 1.54) is 11.6 Å². The summed E-state index contributed by atoms with van der Waals surface area (Å²) >= 11 is 0. The Kier molecular flexibility index (Phi) is 4.96. The maximum atomic E-state index is 13.6.